The highest BCUT2D eigenvalue weighted by Gasteiger charge is 2.32. The zero-order valence-electron chi connectivity index (χ0n) is 22.9. The number of aryl methyl sites for hydroxylation is 2. The maximum absolute atomic E-state index is 13.7. The summed E-state index contributed by atoms with van der Waals surface area (Å²) in [6.07, 6.45) is 2.24. The lowest BCUT2D eigenvalue weighted by Crippen LogP contribution is -2.15. The van der Waals surface area contributed by atoms with Gasteiger partial charge in [-0.1, -0.05) is 24.4 Å². The third-order valence-electron chi connectivity index (χ3n) is 6.88. The van der Waals surface area contributed by atoms with Gasteiger partial charge in [0.25, 0.3) is 5.91 Å². The minimum absolute atomic E-state index is 0.154. The number of esters is 1. The molecule has 0 fully saturated rings. The average molecular weight is 591 g/mol. The van der Waals surface area contributed by atoms with Crippen LogP contribution in [0.5, 0.6) is 0 Å². The first-order valence-electron chi connectivity index (χ1n) is 12.9. The number of pyridine rings is 1. The van der Waals surface area contributed by atoms with Gasteiger partial charge in [-0.15, -0.1) is 0 Å². The fourth-order valence-electron chi connectivity index (χ4n) is 4.69. The van der Waals surface area contributed by atoms with E-state index in [1.165, 1.54) is 24.2 Å². The Morgan fingerprint density at radius 3 is 2.57 bits per heavy atom. The second-order valence-electron chi connectivity index (χ2n) is 9.99. The number of nitrogens with one attached hydrogen (secondary N) is 1. The highest BCUT2D eigenvalue weighted by molar-refractivity contribution is 7.80. The highest BCUT2D eigenvalue weighted by Crippen LogP contribution is 2.32. The van der Waals surface area contributed by atoms with Crippen molar-refractivity contribution >= 4 is 40.7 Å². The Morgan fingerprint density at radius 2 is 1.88 bits per heavy atom. The second kappa shape index (κ2) is 11.3. The maximum Gasteiger partial charge on any atom is 0.416 e. The van der Waals surface area contributed by atoms with Crippen molar-refractivity contribution in [2.75, 3.05) is 12.4 Å². The van der Waals surface area contributed by atoms with E-state index in [4.69, 9.17) is 17.0 Å². The van der Waals surface area contributed by atoms with E-state index in [-0.39, 0.29) is 17.9 Å². The van der Waals surface area contributed by atoms with Crippen LogP contribution in [0.2, 0.25) is 0 Å². The van der Waals surface area contributed by atoms with Gasteiger partial charge in [0.1, 0.15) is 0 Å². The van der Waals surface area contributed by atoms with E-state index in [0.29, 0.717) is 56.3 Å². The van der Waals surface area contributed by atoms with Crippen molar-refractivity contribution in [3.05, 3.63) is 112 Å². The molecule has 0 radical (unpaired) electrons. The summed E-state index contributed by atoms with van der Waals surface area (Å²) in [5.74, 6) is -0.809. The van der Waals surface area contributed by atoms with Gasteiger partial charge in [-0.3, -0.25) is 9.78 Å². The van der Waals surface area contributed by atoms with E-state index < -0.39 is 17.7 Å². The van der Waals surface area contributed by atoms with Crippen molar-refractivity contribution in [1.29, 1.82) is 0 Å². The standard InChI is InChI=1S/C31H25F3N4O3S/c1-17-4-5-19(6-26(17)29(39)37-24-10-20-8-22(30(40)41-3)12-27(20)35-14-24)7-28(42)21-9-23(31(32,33)34)13-25(11-21)38-15-18(2)36-16-38/h4-6,8-11,13-16H,7,12H2,1-3H3,(H,37,39). The van der Waals surface area contributed by atoms with E-state index in [2.05, 4.69) is 15.3 Å². The van der Waals surface area contributed by atoms with Gasteiger partial charge in [-0.05, 0) is 72.5 Å². The van der Waals surface area contributed by atoms with Crippen molar-refractivity contribution < 1.29 is 27.5 Å². The number of hydrogen-bond donors (Lipinski definition) is 1. The molecule has 11 heteroatoms. The number of rotatable bonds is 7. The van der Waals surface area contributed by atoms with Gasteiger partial charge in [-0.2, -0.15) is 13.2 Å². The molecule has 214 valence electrons. The molecule has 1 amide bonds. The summed E-state index contributed by atoms with van der Waals surface area (Å²) < 4.78 is 47.5. The topological polar surface area (TPSA) is 86.1 Å². The van der Waals surface area contributed by atoms with Crippen molar-refractivity contribution in [3.8, 4) is 5.69 Å². The van der Waals surface area contributed by atoms with Crippen LogP contribution < -0.4 is 5.32 Å². The first-order valence-corrected chi connectivity index (χ1v) is 13.3. The van der Waals surface area contributed by atoms with Crippen LogP contribution in [0.15, 0.2) is 66.8 Å². The monoisotopic (exact) mass is 590 g/mol. The van der Waals surface area contributed by atoms with Crippen LogP contribution in [0.3, 0.4) is 0 Å². The number of methoxy groups -OCH3 is 1. The van der Waals surface area contributed by atoms with Crippen molar-refractivity contribution in [2.45, 2.75) is 32.9 Å². The summed E-state index contributed by atoms with van der Waals surface area (Å²) in [7, 11) is 1.31. The summed E-state index contributed by atoms with van der Waals surface area (Å²) in [5.41, 5.74) is 4.54. The Labute approximate surface area is 245 Å². The van der Waals surface area contributed by atoms with Crippen LogP contribution in [0.25, 0.3) is 11.8 Å². The number of carbonyl (C=O) groups excluding carboxylic acids is 2. The van der Waals surface area contributed by atoms with Gasteiger partial charge in [0, 0.05) is 40.7 Å². The lowest BCUT2D eigenvalue weighted by Gasteiger charge is -2.14. The molecule has 0 spiro atoms. The Kier molecular flexibility index (Phi) is 7.79. The third kappa shape index (κ3) is 6.15. The van der Waals surface area contributed by atoms with E-state index in [9.17, 15) is 22.8 Å². The molecule has 2 aromatic carbocycles. The number of thiocarbonyl (C=S) groups is 1. The number of nitrogens with zero attached hydrogens (tertiary/aromatic N) is 3. The fraction of sp³-hybridized carbons (Fsp3) is 0.194. The Balaban J connectivity index is 1.37. The van der Waals surface area contributed by atoms with Gasteiger partial charge >= 0.3 is 12.1 Å². The number of carbonyl (C=O) groups is 2. The van der Waals surface area contributed by atoms with Gasteiger partial charge in [0.2, 0.25) is 0 Å². The number of hydrogen-bond acceptors (Lipinski definition) is 6. The van der Waals surface area contributed by atoms with Gasteiger partial charge < -0.3 is 14.6 Å². The minimum atomic E-state index is -4.56. The molecule has 1 aliphatic carbocycles. The highest BCUT2D eigenvalue weighted by atomic mass is 32.1. The molecule has 2 heterocycles. The van der Waals surface area contributed by atoms with Gasteiger partial charge in [0.15, 0.2) is 0 Å². The largest absolute Gasteiger partial charge is 0.466 e. The van der Waals surface area contributed by atoms with Crippen molar-refractivity contribution in [2.24, 2.45) is 0 Å². The Bertz CT molecular complexity index is 1780. The van der Waals surface area contributed by atoms with Crippen LogP contribution >= 0.6 is 12.2 Å². The van der Waals surface area contributed by atoms with E-state index in [0.717, 1.165) is 17.7 Å². The number of ether oxygens (including phenoxy) is 1. The molecule has 2 aromatic heterocycles. The number of amides is 1. The van der Waals surface area contributed by atoms with Gasteiger partial charge in [0.05, 0.1) is 42.3 Å². The summed E-state index contributed by atoms with van der Waals surface area (Å²) in [4.78, 5) is 33.9. The smallest absolute Gasteiger partial charge is 0.416 e. The van der Waals surface area contributed by atoms with Crippen LogP contribution in [0, 0.1) is 13.8 Å². The molecule has 0 bridgehead atoms. The maximum atomic E-state index is 13.7. The zero-order chi connectivity index (χ0) is 30.2. The minimum Gasteiger partial charge on any atom is -0.466 e. The predicted octanol–water partition coefficient (Wildman–Crippen LogP) is 6.23. The average Bonchev–Trinajstić information content (AvgIpc) is 3.59. The van der Waals surface area contributed by atoms with E-state index in [1.54, 1.807) is 56.5 Å². The number of benzene rings is 2. The van der Waals surface area contributed by atoms with E-state index in [1.807, 2.05) is 0 Å². The van der Waals surface area contributed by atoms with Crippen LogP contribution in [-0.2, 0) is 28.5 Å². The molecule has 1 N–H and O–H groups in total. The predicted molar refractivity (Wildman–Crippen MR) is 156 cm³/mol. The molecule has 1 aliphatic rings. The summed E-state index contributed by atoms with van der Waals surface area (Å²) in [6.45, 7) is 3.54. The molecule has 4 aromatic rings. The number of aromatic nitrogens is 3. The van der Waals surface area contributed by atoms with Crippen LogP contribution in [0.4, 0.5) is 18.9 Å². The first-order chi connectivity index (χ1) is 19.9. The van der Waals surface area contributed by atoms with Crippen molar-refractivity contribution in [3.63, 3.8) is 0 Å². The van der Waals surface area contributed by atoms with Crippen LogP contribution in [-0.4, -0.2) is 38.4 Å². The number of imidazole rings is 1. The molecule has 42 heavy (non-hydrogen) atoms. The molecule has 0 aliphatic heterocycles. The van der Waals surface area contributed by atoms with Gasteiger partial charge in [-0.25, -0.2) is 9.78 Å². The number of halogens is 3. The molecular weight excluding hydrogens is 565 g/mol. The second-order valence-corrected chi connectivity index (χ2v) is 10.5. The molecule has 0 saturated carbocycles. The van der Waals surface area contributed by atoms with Crippen molar-refractivity contribution in [1.82, 2.24) is 14.5 Å². The molecule has 0 unspecified atom stereocenters. The number of alkyl halides is 3. The van der Waals surface area contributed by atoms with Crippen LogP contribution in [0.1, 0.15) is 49.6 Å². The SMILES string of the molecule is COC(=O)C1=Cc2cc(NC(=O)c3cc(CC(=S)c4cc(-n5cnc(C)c5)cc(C(F)(F)F)c4)ccc3C)cnc2C1. The molecule has 0 saturated heterocycles. The summed E-state index contributed by atoms with van der Waals surface area (Å²) >= 11 is 5.59. The lowest BCUT2D eigenvalue weighted by molar-refractivity contribution is -0.138. The number of anilines is 1. The Morgan fingerprint density at radius 1 is 1.10 bits per heavy atom. The first kappa shape index (κ1) is 28.9. The molecule has 5 rings (SSSR count). The number of fused-ring (bicyclic) bond motifs is 1. The Hall–Kier alpha value is -4.64. The van der Waals surface area contributed by atoms with E-state index >= 15 is 0 Å². The lowest BCUT2D eigenvalue weighted by atomic mass is 9.98. The molecule has 7 nitrogen and oxygen atoms in total. The zero-order valence-corrected chi connectivity index (χ0v) is 23.7. The summed E-state index contributed by atoms with van der Waals surface area (Å²) in [6, 6.07) is 10.7. The molecule has 0 atom stereocenters. The fourth-order valence-corrected chi connectivity index (χ4v) is 4.97. The summed E-state index contributed by atoms with van der Waals surface area (Å²) in [5, 5.41) is 2.84. The normalized spacial score (nSPS) is 12.5. The molecular formula is C31H25F3N4O3S. The third-order valence-corrected chi connectivity index (χ3v) is 7.27. The quantitative estimate of drug-likeness (QED) is 0.156.